The fourth-order valence-electron chi connectivity index (χ4n) is 4.18. The summed E-state index contributed by atoms with van der Waals surface area (Å²) in [4.78, 5) is 9.08. The number of nitrogens with zero attached hydrogens (tertiary/aromatic N) is 2. The molecule has 4 heteroatoms. The number of benzene rings is 2. The topological polar surface area (TPSA) is 34.5 Å². The van der Waals surface area contributed by atoms with Gasteiger partial charge >= 0.3 is 0 Å². The van der Waals surface area contributed by atoms with Gasteiger partial charge in [0.25, 0.3) is 0 Å². The lowest BCUT2D eigenvalue weighted by Crippen LogP contribution is -1.97. The van der Waals surface area contributed by atoms with E-state index in [2.05, 4.69) is 35.1 Å². The molecule has 0 aliphatic rings. The number of unbranched alkanes of at least 4 members (excludes halogenated alkanes) is 13. The van der Waals surface area contributed by atoms with Crippen molar-refractivity contribution in [1.29, 1.82) is 0 Å². The average molecular weight is 479 g/mol. The summed E-state index contributed by atoms with van der Waals surface area (Å²) in [6, 6.07) is 16.3. The zero-order valence-electron chi connectivity index (χ0n) is 21.0. The van der Waals surface area contributed by atoms with Crippen molar-refractivity contribution < 1.29 is 4.74 Å². The highest BCUT2D eigenvalue weighted by atomic mass is 32.1. The van der Waals surface area contributed by atoms with Crippen LogP contribution in [0.3, 0.4) is 0 Å². The van der Waals surface area contributed by atoms with Crippen LogP contribution in [0.15, 0.2) is 53.5 Å². The summed E-state index contributed by atoms with van der Waals surface area (Å²) in [7, 11) is 0. The molecule has 3 nitrogen and oxygen atoms in total. The number of aliphatic imine (C=N–C) groups is 1. The molecule has 0 radical (unpaired) electrons. The van der Waals surface area contributed by atoms with Crippen LogP contribution in [0.2, 0.25) is 0 Å². The van der Waals surface area contributed by atoms with E-state index in [1.807, 2.05) is 36.5 Å². The SMILES string of the molecule is CCCCCCCCCCCCCCCCOc1ccc(/C=N/c2nc3ccccc3s2)cc1. The second kappa shape index (κ2) is 16.4. The van der Waals surface area contributed by atoms with Gasteiger partial charge in [-0.25, -0.2) is 9.98 Å². The minimum absolute atomic E-state index is 0.791. The summed E-state index contributed by atoms with van der Waals surface area (Å²) in [5.74, 6) is 0.937. The van der Waals surface area contributed by atoms with Gasteiger partial charge in [-0.1, -0.05) is 114 Å². The summed E-state index contributed by atoms with van der Waals surface area (Å²) in [5.41, 5.74) is 2.06. The van der Waals surface area contributed by atoms with Gasteiger partial charge in [-0.3, -0.25) is 0 Å². The molecule has 34 heavy (non-hydrogen) atoms. The average Bonchev–Trinajstić information content (AvgIpc) is 3.29. The first-order chi connectivity index (χ1) is 16.8. The van der Waals surface area contributed by atoms with E-state index in [0.29, 0.717) is 0 Å². The minimum atomic E-state index is 0.791. The van der Waals surface area contributed by atoms with Crippen molar-refractivity contribution >= 4 is 32.9 Å². The van der Waals surface area contributed by atoms with Gasteiger partial charge in [0.2, 0.25) is 5.13 Å². The van der Waals surface area contributed by atoms with Crippen molar-refractivity contribution in [3.63, 3.8) is 0 Å². The molecular formula is C30H42N2OS. The van der Waals surface area contributed by atoms with Crippen molar-refractivity contribution in [2.24, 2.45) is 4.99 Å². The molecule has 3 rings (SSSR count). The van der Waals surface area contributed by atoms with Gasteiger partial charge < -0.3 is 4.74 Å². The maximum absolute atomic E-state index is 5.92. The molecule has 0 aliphatic heterocycles. The number of aromatic nitrogens is 1. The molecule has 0 spiro atoms. The van der Waals surface area contributed by atoms with Gasteiger partial charge in [0.15, 0.2) is 0 Å². The Morgan fingerprint density at radius 1 is 0.735 bits per heavy atom. The van der Waals surface area contributed by atoms with E-state index >= 15 is 0 Å². The normalized spacial score (nSPS) is 11.6. The standard InChI is InChI=1S/C30H42N2OS/c1-2-3-4-5-6-7-8-9-10-11-12-13-14-17-24-33-27-22-20-26(21-23-27)25-31-30-32-28-18-15-16-19-29(28)34-30/h15-16,18-23,25H,2-14,17,24H2,1H3/b31-25+. The van der Waals surface area contributed by atoms with E-state index in [4.69, 9.17) is 4.74 Å². The number of hydrogen-bond acceptors (Lipinski definition) is 4. The predicted octanol–water partition coefficient (Wildman–Crippen LogP) is 9.91. The molecule has 0 atom stereocenters. The van der Waals surface area contributed by atoms with E-state index in [1.54, 1.807) is 11.3 Å². The Balaban J connectivity index is 1.18. The van der Waals surface area contributed by atoms with Crippen LogP contribution < -0.4 is 4.74 Å². The zero-order chi connectivity index (χ0) is 23.7. The van der Waals surface area contributed by atoms with Crippen molar-refractivity contribution in [2.45, 2.75) is 96.8 Å². The Kier molecular flexibility index (Phi) is 12.8. The van der Waals surface area contributed by atoms with E-state index in [9.17, 15) is 0 Å². The number of fused-ring (bicyclic) bond motifs is 1. The predicted molar refractivity (Wildman–Crippen MR) is 149 cm³/mol. The molecule has 0 saturated heterocycles. The first kappa shape index (κ1) is 26.4. The molecule has 184 valence electrons. The first-order valence-corrected chi connectivity index (χ1v) is 14.3. The molecule has 0 aliphatic carbocycles. The Morgan fingerprint density at radius 2 is 1.32 bits per heavy atom. The summed E-state index contributed by atoms with van der Waals surface area (Å²) in [6.07, 6.45) is 21.2. The summed E-state index contributed by atoms with van der Waals surface area (Å²) in [6.45, 7) is 3.09. The second-order valence-corrected chi connectivity index (χ2v) is 10.2. The van der Waals surface area contributed by atoms with Crippen molar-refractivity contribution in [2.75, 3.05) is 6.61 Å². The number of rotatable bonds is 18. The fraction of sp³-hybridized carbons (Fsp3) is 0.533. The van der Waals surface area contributed by atoms with Gasteiger partial charge in [0.1, 0.15) is 5.75 Å². The molecule has 0 saturated carbocycles. The van der Waals surface area contributed by atoms with E-state index in [-0.39, 0.29) is 0 Å². The lowest BCUT2D eigenvalue weighted by molar-refractivity contribution is 0.304. The van der Waals surface area contributed by atoms with Crippen molar-refractivity contribution in [1.82, 2.24) is 4.98 Å². The van der Waals surface area contributed by atoms with Crippen LogP contribution in [-0.4, -0.2) is 17.8 Å². The molecule has 0 unspecified atom stereocenters. The van der Waals surface area contributed by atoms with Crippen molar-refractivity contribution in [3.8, 4) is 5.75 Å². The zero-order valence-corrected chi connectivity index (χ0v) is 21.8. The molecule has 1 heterocycles. The number of para-hydroxylation sites is 1. The third-order valence-electron chi connectivity index (χ3n) is 6.25. The van der Waals surface area contributed by atoms with E-state index in [0.717, 1.165) is 35.0 Å². The van der Waals surface area contributed by atoms with Gasteiger partial charge in [-0.2, -0.15) is 0 Å². The van der Waals surface area contributed by atoms with Crippen LogP contribution in [-0.2, 0) is 0 Å². The number of hydrogen-bond donors (Lipinski definition) is 0. The first-order valence-electron chi connectivity index (χ1n) is 13.5. The van der Waals surface area contributed by atoms with Crippen LogP contribution in [0.5, 0.6) is 5.75 Å². The van der Waals surface area contributed by atoms with Crippen LogP contribution in [0, 0.1) is 0 Å². The largest absolute Gasteiger partial charge is 0.494 e. The third kappa shape index (κ3) is 10.4. The highest BCUT2D eigenvalue weighted by Gasteiger charge is 2.01. The molecular weight excluding hydrogens is 436 g/mol. The van der Waals surface area contributed by atoms with Crippen LogP contribution >= 0.6 is 11.3 Å². The molecule has 2 aromatic carbocycles. The summed E-state index contributed by atoms with van der Waals surface area (Å²) < 4.78 is 7.08. The van der Waals surface area contributed by atoms with Crippen molar-refractivity contribution in [3.05, 3.63) is 54.1 Å². The highest BCUT2D eigenvalue weighted by Crippen LogP contribution is 2.27. The second-order valence-electron chi connectivity index (χ2n) is 9.24. The molecule has 0 amide bonds. The molecule has 0 bridgehead atoms. The molecule has 0 fully saturated rings. The Morgan fingerprint density at radius 3 is 1.94 bits per heavy atom. The summed E-state index contributed by atoms with van der Waals surface area (Å²) in [5, 5.41) is 0.791. The number of ether oxygens (including phenoxy) is 1. The minimum Gasteiger partial charge on any atom is -0.494 e. The highest BCUT2D eigenvalue weighted by molar-refractivity contribution is 7.22. The maximum atomic E-state index is 5.92. The lowest BCUT2D eigenvalue weighted by Gasteiger charge is -2.06. The van der Waals surface area contributed by atoms with Gasteiger partial charge in [-0.05, 0) is 48.4 Å². The molecule has 0 N–H and O–H groups in total. The van der Waals surface area contributed by atoms with Crippen LogP contribution in [0.25, 0.3) is 10.2 Å². The van der Waals surface area contributed by atoms with Gasteiger partial charge in [-0.15, -0.1) is 0 Å². The summed E-state index contributed by atoms with van der Waals surface area (Å²) >= 11 is 1.61. The van der Waals surface area contributed by atoms with Gasteiger partial charge in [0, 0.05) is 6.21 Å². The number of thiazole rings is 1. The fourth-order valence-corrected chi connectivity index (χ4v) is 4.99. The monoisotopic (exact) mass is 478 g/mol. The van der Waals surface area contributed by atoms with E-state index in [1.165, 1.54) is 88.2 Å². The Bertz CT molecular complexity index is 915. The Labute approximate surface area is 210 Å². The lowest BCUT2D eigenvalue weighted by atomic mass is 10.0. The molecule has 1 aromatic heterocycles. The quantitative estimate of drug-likeness (QED) is 0.135. The Hall–Kier alpha value is -2.20. The van der Waals surface area contributed by atoms with E-state index < -0.39 is 0 Å². The third-order valence-corrected chi connectivity index (χ3v) is 7.20. The van der Waals surface area contributed by atoms with Crippen LogP contribution in [0.1, 0.15) is 102 Å². The maximum Gasteiger partial charge on any atom is 0.210 e. The van der Waals surface area contributed by atoms with Gasteiger partial charge in [0.05, 0.1) is 16.8 Å². The van der Waals surface area contributed by atoms with Crippen LogP contribution in [0.4, 0.5) is 5.13 Å². The molecule has 3 aromatic rings. The smallest absolute Gasteiger partial charge is 0.210 e.